The lowest BCUT2D eigenvalue weighted by Gasteiger charge is -2.17. The molecule has 0 unspecified atom stereocenters. The van der Waals surface area contributed by atoms with Crippen molar-refractivity contribution in [3.05, 3.63) is 52.6 Å². The number of carbonyl (C=O) groups excluding carboxylic acids is 2. The molecule has 2 heterocycles. The van der Waals surface area contributed by atoms with Crippen molar-refractivity contribution in [2.24, 2.45) is 5.92 Å². The summed E-state index contributed by atoms with van der Waals surface area (Å²) in [6.45, 7) is 7.90. The second kappa shape index (κ2) is 8.37. The number of carbonyl (C=O) groups is 2. The summed E-state index contributed by atoms with van der Waals surface area (Å²) in [5.41, 5.74) is 3.48. The molecule has 27 heavy (non-hydrogen) atoms. The number of hydrogen-bond donors (Lipinski definition) is 2. The highest BCUT2D eigenvalue weighted by Gasteiger charge is 2.27. The minimum absolute atomic E-state index is 0.204. The third kappa shape index (κ3) is 4.38. The van der Waals surface area contributed by atoms with Crippen molar-refractivity contribution in [2.45, 2.75) is 53.1 Å². The Labute approximate surface area is 160 Å². The van der Waals surface area contributed by atoms with Crippen LogP contribution in [0.5, 0.6) is 0 Å². The van der Waals surface area contributed by atoms with Gasteiger partial charge in [0.25, 0.3) is 11.8 Å². The topological polar surface area (TPSA) is 76.0 Å². The molecule has 144 valence electrons. The number of aromatic nitrogens is 2. The van der Waals surface area contributed by atoms with Crippen LogP contribution >= 0.6 is 0 Å². The second-order valence-electron chi connectivity index (χ2n) is 7.55. The van der Waals surface area contributed by atoms with E-state index in [-0.39, 0.29) is 11.8 Å². The van der Waals surface area contributed by atoms with Crippen molar-refractivity contribution in [1.82, 2.24) is 20.2 Å². The monoisotopic (exact) mass is 368 g/mol. The summed E-state index contributed by atoms with van der Waals surface area (Å²) in [7, 11) is 0. The fourth-order valence-electron chi connectivity index (χ4n) is 3.34. The molecule has 2 aromatic rings. The molecule has 0 saturated heterocycles. The predicted molar refractivity (Wildman–Crippen MR) is 105 cm³/mol. The zero-order chi connectivity index (χ0) is 19.4. The van der Waals surface area contributed by atoms with Gasteiger partial charge in [-0.1, -0.05) is 38.1 Å². The Hall–Kier alpha value is -2.63. The third-order valence-electron chi connectivity index (χ3n) is 4.91. The van der Waals surface area contributed by atoms with E-state index in [4.69, 9.17) is 0 Å². The van der Waals surface area contributed by atoms with E-state index in [1.807, 2.05) is 49.6 Å². The lowest BCUT2D eigenvalue weighted by Crippen LogP contribution is -2.30. The SMILES string of the molecule is Cc1ccccc1CNC(=O)c1nc(C(=O)NCC(C)C)n2c1CCCC2. The van der Waals surface area contributed by atoms with Gasteiger partial charge in [0.1, 0.15) is 5.69 Å². The van der Waals surface area contributed by atoms with E-state index < -0.39 is 0 Å². The molecule has 1 aliphatic heterocycles. The summed E-state index contributed by atoms with van der Waals surface area (Å²) in [5.74, 6) is 0.296. The molecule has 0 aliphatic carbocycles. The maximum absolute atomic E-state index is 12.8. The van der Waals surface area contributed by atoms with Crippen molar-refractivity contribution >= 4 is 11.8 Å². The van der Waals surface area contributed by atoms with Crippen LogP contribution in [0.15, 0.2) is 24.3 Å². The molecular weight excluding hydrogens is 340 g/mol. The van der Waals surface area contributed by atoms with E-state index in [0.29, 0.717) is 30.5 Å². The number of fused-ring (bicyclic) bond motifs is 1. The van der Waals surface area contributed by atoms with Crippen LogP contribution in [0.1, 0.15) is 64.6 Å². The highest BCUT2D eigenvalue weighted by atomic mass is 16.2. The van der Waals surface area contributed by atoms with Crippen molar-refractivity contribution in [1.29, 1.82) is 0 Å². The van der Waals surface area contributed by atoms with Crippen LogP contribution in [-0.2, 0) is 19.5 Å². The number of rotatable bonds is 6. The third-order valence-corrected chi connectivity index (χ3v) is 4.91. The van der Waals surface area contributed by atoms with Crippen LogP contribution in [0.25, 0.3) is 0 Å². The first-order chi connectivity index (χ1) is 13.0. The van der Waals surface area contributed by atoms with E-state index in [0.717, 1.165) is 42.6 Å². The van der Waals surface area contributed by atoms with Crippen LogP contribution in [0.3, 0.4) is 0 Å². The summed E-state index contributed by atoms with van der Waals surface area (Å²) in [4.78, 5) is 29.8. The molecule has 3 rings (SSSR count). The Kier molecular flexibility index (Phi) is 5.94. The van der Waals surface area contributed by atoms with Crippen molar-refractivity contribution in [3.63, 3.8) is 0 Å². The van der Waals surface area contributed by atoms with Gasteiger partial charge in [-0.3, -0.25) is 9.59 Å². The number of nitrogens with one attached hydrogen (secondary N) is 2. The molecule has 0 radical (unpaired) electrons. The van der Waals surface area contributed by atoms with E-state index >= 15 is 0 Å². The zero-order valence-corrected chi connectivity index (χ0v) is 16.3. The highest BCUT2D eigenvalue weighted by molar-refractivity contribution is 5.97. The Bertz CT molecular complexity index is 839. The van der Waals surface area contributed by atoms with Crippen LogP contribution in [-0.4, -0.2) is 27.9 Å². The van der Waals surface area contributed by atoms with E-state index in [1.54, 1.807) is 0 Å². The standard InChI is InChI=1S/C21H28N4O2/c1-14(2)12-22-21(27)19-24-18(17-10-6-7-11-25(17)19)20(26)23-13-16-9-5-4-8-15(16)3/h4-5,8-9,14H,6-7,10-13H2,1-3H3,(H,22,27)(H,23,26). The number of imidazole rings is 1. The number of benzene rings is 1. The normalized spacial score (nSPS) is 13.3. The summed E-state index contributed by atoms with van der Waals surface area (Å²) in [6.07, 6.45) is 2.78. The Morgan fingerprint density at radius 3 is 2.67 bits per heavy atom. The highest BCUT2D eigenvalue weighted by Crippen LogP contribution is 2.21. The van der Waals surface area contributed by atoms with Gasteiger partial charge in [0.15, 0.2) is 5.82 Å². The number of hydrogen-bond acceptors (Lipinski definition) is 3. The summed E-state index contributed by atoms with van der Waals surface area (Å²) in [6, 6.07) is 7.97. The predicted octanol–water partition coefficient (Wildman–Crippen LogP) is 2.84. The molecule has 0 saturated carbocycles. The van der Waals surface area contributed by atoms with Crippen LogP contribution in [0.2, 0.25) is 0 Å². The fraction of sp³-hybridized carbons (Fsp3) is 0.476. The molecule has 2 N–H and O–H groups in total. The van der Waals surface area contributed by atoms with Crippen LogP contribution < -0.4 is 10.6 Å². The first-order valence-electron chi connectivity index (χ1n) is 9.67. The van der Waals surface area contributed by atoms with E-state index in [2.05, 4.69) is 15.6 Å². The van der Waals surface area contributed by atoms with Crippen molar-refractivity contribution in [2.75, 3.05) is 6.54 Å². The average Bonchev–Trinajstić information content (AvgIpc) is 3.05. The molecule has 0 spiro atoms. The van der Waals surface area contributed by atoms with E-state index in [1.165, 1.54) is 0 Å². The second-order valence-corrected chi connectivity index (χ2v) is 7.55. The van der Waals surface area contributed by atoms with Gasteiger partial charge in [-0.15, -0.1) is 0 Å². The van der Waals surface area contributed by atoms with Gasteiger partial charge >= 0.3 is 0 Å². The Morgan fingerprint density at radius 2 is 1.93 bits per heavy atom. The fourth-order valence-corrected chi connectivity index (χ4v) is 3.34. The largest absolute Gasteiger partial charge is 0.349 e. The zero-order valence-electron chi connectivity index (χ0n) is 16.3. The summed E-state index contributed by atoms with van der Waals surface area (Å²) < 4.78 is 1.92. The van der Waals surface area contributed by atoms with Gasteiger partial charge in [-0.2, -0.15) is 0 Å². The lowest BCUT2D eigenvalue weighted by atomic mass is 10.1. The minimum atomic E-state index is -0.216. The molecule has 6 heteroatoms. The Morgan fingerprint density at radius 1 is 1.15 bits per heavy atom. The van der Waals surface area contributed by atoms with Crippen LogP contribution in [0.4, 0.5) is 0 Å². The van der Waals surface area contributed by atoms with Crippen molar-refractivity contribution in [3.8, 4) is 0 Å². The molecule has 1 aliphatic rings. The smallest absolute Gasteiger partial charge is 0.287 e. The molecule has 0 atom stereocenters. The molecule has 6 nitrogen and oxygen atoms in total. The number of nitrogens with zero attached hydrogens (tertiary/aromatic N) is 2. The minimum Gasteiger partial charge on any atom is -0.349 e. The molecule has 0 fully saturated rings. The molecule has 2 amide bonds. The van der Waals surface area contributed by atoms with E-state index in [9.17, 15) is 9.59 Å². The van der Waals surface area contributed by atoms with Gasteiger partial charge in [0, 0.05) is 19.6 Å². The summed E-state index contributed by atoms with van der Waals surface area (Å²) >= 11 is 0. The first kappa shape index (κ1) is 19.1. The van der Waals surface area contributed by atoms with Gasteiger partial charge in [-0.25, -0.2) is 4.98 Å². The molecule has 0 bridgehead atoms. The van der Waals surface area contributed by atoms with Gasteiger partial charge in [-0.05, 0) is 43.2 Å². The Balaban J connectivity index is 1.79. The van der Waals surface area contributed by atoms with Gasteiger partial charge < -0.3 is 15.2 Å². The van der Waals surface area contributed by atoms with Crippen molar-refractivity contribution < 1.29 is 9.59 Å². The quantitative estimate of drug-likeness (QED) is 0.823. The lowest BCUT2D eigenvalue weighted by molar-refractivity contribution is 0.0933. The maximum Gasteiger partial charge on any atom is 0.287 e. The number of amides is 2. The van der Waals surface area contributed by atoms with Crippen LogP contribution in [0, 0.1) is 12.8 Å². The molecule has 1 aromatic carbocycles. The molecular formula is C21H28N4O2. The van der Waals surface area contributed by atoms with Gasteiger partial charge in [0.2, 0.25) is 0 Å². The first-order valence-corrected chi connectivity index (χ1v) is 9.67. The van der Waals surface area contributed by atoms with Gasteiger partial charge in [0.05, 0.1) is 5.69 Å². The average molecular weight is 368 g/mol. The maximum atomic E-state index is 12.8. The number of aryl methyl sites for hydroxylation is 1. The summed E-state index contributed by atoms with van der Waals surface area (Å²) in [5, 5.41) is 5.87. The molecule has 1 aromatic heterocycles.